The van der Waals surface area contributed by atoms with Gasteiger partial charge in [0.25, 0.3) is 5.69 Å². The van der Waals surface area contributed by atoms with Crippen LogP contribution in [0.3, 0.4) is 0 Å². The van der Waals surface area contributed by atoms with Gasteiger partial charge < -0.3 is 4.74 Å². The van der Waals surface area contributed by atoms with Gasteiger partial charge in [0.2, 0.25) is 0 Å². The Balaban J connectivity index is 2.12. The number of carbonyl (C=O) groups is 1. The van der Waals surface area contributed by atoms with Crippen molar-refractivity contribution in [3.05, 3.63) is 63.7 Å². The van der Waals surface area contributed by atoms with Crippen molar-refractivity contribution in [2.75, 3.05) is 6.61 Å². The summed E-state index contributed by atoms with van der Waals surface area (Å²) in [6.45, 7) is 3.82. The van der Waals surface area contributed by atoms with Crippen molar-refractivity contribution in [1.82, 2.24) is 0 Å². The zero-order valence-corrected chi connectivity index (χ0v) is 13.1. The first kappa shape index (κ1) is 16.0. The predicted molar refractivity (Wildman–Crippen MR) is 84.4 cm³/mol. The molecule has 0 atom stereocenters. The van der Waals surface area contributed by atoms with E-state index in [9.17, 15) is 14.9 Å². The number of nitro groups is 1. The predicted octanol–water partition coefficient (Wildman–Crippen LogP) is 4.23. The summed E-state index contributed by atoms with van der Waals surface area (Å²) in [7, 11) is 0. The molecule has 2 aromatic carbocycles. The Morgan fingerprint density at radius 2 is 1.82 bits per heavy atom. The minimum Gasteiger partial charge on any atom is -0.462 e. The maximum absolute atomic E-state index is 11.6. The summed E-state index contributed by atoms with van der Waals surface area (Å²) in [6.07, 6.45) is 0. The Morgan fingerprint density at radius 3 is 2.36 bits per heavy atom. The van der Waals surface area contributed by atoms with Crippen LogP contribution in [0, 0.1) is 17.0 Å². The fourth-order valence-electron chi connectivity index (χ4n) is 1.91. The molecule has 0 bridgehead atoms. The summed E-state index contributed by atoms with van der Waals surface area (Å²) < 4.78 is 4.93. The van der Waals surface area contributed by atoms with Crippen molar-refractivity contribution in [1.29, 1.82) is 0 Å². The Hall–Kier alpha value is -2.34. The molecule has 0 N–H and O–H groups in total. The third kappa shape index (κ3) is 3.85. The Bertz CT molecular complexity index is 698. The average molecular weight is 317 g/mol. The zero-order chi connectivity index (χ0) is 16.1. The summed E-state index contributed by atoms with van der Waals surface area (Å²) >= 11 is 1.48. The number of rotatable bonds is 5. The van der Waals surface area contributed by atoms with E-state index in [2.05, 4.69) is 0 Å². The van der Waals surface area contributed by atoms with Gasteiger partial charge in [-0.15, -0.1) is 0 Å². The molecule has 6 heteroatoms. The van der Waals surface area contributed by atoms with Gasteiger partial charge in [-0.05, 0) is 50.2 Å². The van der Waals surface area contributed by atoms with Gasteiger partial charge in [0, 0.05) is 21.4 Å². The number of aryl methyl sites for hydroxylation is 1. The second-order valence-electron chi connectivity index (χ2n) is 4.55. The SMILES string of the molecule is CCOC(=O)c1ccc(Sc2ccc([N+](=O)[O-])c(C)c2)cc1. The minimum atomic E-state index is -0.391. The van der Waals surface area contributed by atoms with E-state index < -0.39 is 4.92 Å². The van der Waals surface area contributed by atoms with Crippen LogP contribution in [0.2, 0.25) is 0 Å². The third-order valence-electron chi connectivity index (χ3n) is 2.97. The average Bonchev–Trinajstić information content (AvgIpc) is 2.48. The molecule has 114 valence electrons. The van der Waals surface area contributed by atoms with Crippen molar-refractivity contribution < 1.29 is 14.5 Å². The fraction of sp³-hybridized carbons (Fsp3) is 0.188. The molecule has 0 amide bonds. The topological polar surface area (TPSA) is 69.4 Å². The number of carbonyl (C=O) groups excluding carboxylic acids is 1. The van der Waals surface area contributed by atoms with E-state index in [-0.39, 0.29) is 11.7 Å². The largest absolute Gasteiger partial charge is 0.462 e. The van der Waals surface area contributed by atoms with Gasteiger partial charge in [-0.1, -0.05) is 11.8 Å². The summed E-state index contributed by atoms with van der Waals surface area (Å²) in [5.41, 5.74) is 1.24. The first-order valence-corrected chi connectivity index (χ1v) is 7.53. The van der Waals surface area contributed by atoms with E-state index in [1.807, 2.05) is 12.1 Å². The normalized spacial score (nSPS) is 10.3. The summed E-state index contributed by atoms with van der Waals surface area (Å²) in [6, 6.07) is 12.1. The first-order valence-electron chi connectivity index (χ1n) is 6.71. The lowest BCUT2D eigenvalue weighted by Gasteiger charge is -2.05. The molecule has 5 nitrogen and oxygen atoms in total. The van der Waals surface area contributed by atoms with E-state index in [1.54, 1.807) is 38.1 Å². The number of benzene rings is 2. The van der Waals surface area contributed by atoms with Crippen molar-refractivity contribution in [3.8, 4) is 0 Å². The van der Waals surface area contributed by atoms with Crippen molar-refractivity contribution in [2.45, 2.75) is 23.6 Å². The Kier molecular flexibility index (Phi) is 5.16. The molecule has 0 unspecified atom stereocenters. The van der Waals surface area contributed by atoms with E-state index in [0.717, 1.165) is 9.79 Å². The molecule has 0 aliphatic carbocycles. The molecule has 0 fully saturated rings. The van der Waals surface area contributed by atoms with Gasteiger partial charge in [-0.2, -0.15) is 0 Å². The zero-order valence-electron chi connectivity index (χ0n) is 12.2. The van der Waals surface area contributed by atoms with Crippen LogP contribution in [0.1, 0.15) is 22.8 Å². The van der Waals surface area contributed by atoms with E-state index in [4.69, 9.17) is 4.74 Å². The number of esters is 1. The molecule has 0 radical (unpaired) electrons. The van der Waals surface area contributed by atoms with Gasteiger partial charge in [-0.25, -0.2) is 4.79 Å². The lowest BCUT2D eigenvalue weighted by molar-refractivity contribution is -0.385. The van der Waals surface area contributed by atoms with Crippen LogP contribution < -0.4 is 0 Å². The van der Waals surface area contributed by atoms with E-state index in [0.29, 0.717) is 17.7 Å². The highest BCUT2D eigenvalue weighted by atomic mass is 32.2. The maximum atomic E-state index is 11.6. The van der Waals surface area contributed by atoms with Gasteiger partial charge in [-0.3, -0.25) is 10.1 Å². The molecule has 0 aromatic heterocycles. The second-order valence-corrected chi connectivity index (χ2v) is 5.70. The molecule has 0 saturated heterocycles. The number of nitro benzene ring substituents is 1. The maximum Gasteiger partial charge on any atom is 0.338 e. The molecule has 0 heterocycles. The molecular formula is C16H15NO4S. The third-order valence-corrected chi connectivity index (χ3v) is 3.96. The van der Waals surface area contributed by atoms with Crippen molar-refractivity contribution >= 4 is 23.4 Å². The molecular weight excluding hydrogens is 302 g/mol. The highest BCUT2D eigenvalue weighted by Crippen LogP contribution is 2.31. The van der Waals surface area contributed by atoms with Crippen molar-refractivity contribution in [3.63, 3.8) is 0 Å². The van der Waals surface area contributed by atoms with Gasteiger partial charge in [0.15, 0.2) is 0 Å². The number of nitrogens with zero attached hydrogens (tertiary/aromatic N) is 1. The fourth-order valence-corrected chi connectivity index (χ4v) is 2.82. The smallest absolute Gasteiger partial charge is 0.338 e. The molecule has 0 spiro atoms. The van der Waals surface area contributed by atoms with E-state index in [1.165, 1.54) is 17.8 Å². The van der Waals surface area contributed by atoms with Gasteiger partial charge >= 0.3 is 5.97 Å². The summed E-state index contributed by atoms with van der Waals surface area (Å²) in [4.78, 5) is 23.8. The van der Waals surface area contributed by atoms with Crippen LogP contribution >= 0.6 is 11.8 Å². The van der Waals surface area contributed by atoms with Gasteiger partial charge in [0.1, 0.15) is 0 Å². The van der Waals surface area contributed by atoms with Gasteiger partial charge in [0.05, 0.1) is 17.1 Å². The van der Waals surface area contributed by atoms with Crippen LogP contribution in [0.15, 0.2) is 52.3 Å². The number of hydrogen-bond acceptors (Lipinski definition) is 5. The number of hydrogen-bond donors (Lipinski definition) is 0. The van der Waals surface area contributed by atoms with Crippen LogP contribution in [-0.4, -0.2) is 17.5 Å². The molecule has 22 heavy (non-hydrogen) atoms. The molecule has 0 saturated carbocycles. The molecule has 0 aliphatic heterocycles. The molecule has 0 aliphatic rings. The number of ether oxygens (including phenoxy) is 1. The van der Waals surface area contributed by atoms with Crippen molar-refractivity contribution in [2.24, 2.45) is 0 Å². The standard InChI is InChI=1S/C16H15NO4S/c1-3-21-16(18)12-4-6-13(7-5-12)22-14-8-9-15(17(19)20)11(2)10-14/h4-10H,3H2,1-2H3. The summed E-state index contributed by atoms with van der Waals surface area (Å²) in [5.74, 6) is -0.342. The lowest BCUT2D eigenvalue weighted by Crippen LogP contribution is -2.03. The second kappa shape index (κ2) is 7.09. The monoisotopic (exact) mass is 317 g/mol. The first-order chi connectivity index (χ1) is 10.5. The highest BCUT2D eigenvalue weighted by Gasteiger charge is 2.11. The Morgan fingerprint density at radius 1 is 1.18 bits per heavy atom. The summed E-state index contributed by atoms with van der Waals surface area (Å²) in [5, 5.41) is 10.8. The molecule has 2 aromatic rings. The van der Waals surface area contributed by atoms with Crippen LogP contribution in [-0.2, 0) is 4.74 Å². The quantitative estimate of drug-likeness (QED) is 0.469. The minimum absolute atomic E-state index is 0.113. The highest BCUT2D eigenvalue weighted by molar-refractivity contribution is 7.99. The Labute approximate surface area is 132 Å². The van der Waals surface area contributed by atoms with Crippen LogP contribution in [0.4, 0.5) is 5.69 Å². The molecule has 2 rings (SSSR count). The van der Waals surface area contributed by atoms with Crippen LogP contribution in [0.5, 0.6) is 0 Å². The van der Waals surface area contributed by atoms with E-state index >= 15 is 0 Å². The lowest BCUT2D eigenvalue weighted by atomic mass is 10.2. The van der Waals surface area contributed by atoms with Crippen LogP contribution in [0.25, 0.3) is 0 Å².